The summed E-state index contributed by atoms with van der Waals surface area (Å²) in [5.74, 6) is 1.36. The molecule has 0 aliphatic rings. The number of rotatable bonds is 3. The van der Waals surface area contributed by atoms with Crippen molar-refractivity contribution in [1.29, 1.82) is 0 Å². The number of hydrogen-bond donors (Lipinski definition) is 4. The van der Waals surface area contributed by atoms with Crippen molar-refractivity contribution >= 4 is 29.0 Å². The normalized spacial score (nSPS) is 10.1. The third-order valence-corrected chi connectivity index (χ3v) is 2.35. The molecule has 0 unspecified atom stereocenters. The third-order valence-electron chi connectivity index (χ3n) is 2.35. The first-order chi connectivity index (χ1) is 8.60. The van der Waals surface area contributed by atoms with Gasteiger partial charge in [-0.15, -0.1) is 0 Å². The Morgan fingerprint density at radius 3 is 2.33 bits per heavy atom. The van der Waals surface area contributed by atoms with E-state index in [0.717, 1.165) is 11.4 Å². The van der Waals surface area contributed by atoms with Gasteiger partial charge in [0.15, 0.2) is 11.6 Å². The van der Waals surface area contributed by atoms with Crippen LogP contribution < -0.4 is 27.3 Å². The smallest absolute Gasteiger partial charge is 0.224 e. The van der Waals surface area contributed by atoms with Gasteiger partial charge < -0.3 is 27.3 Å². The first-order valence-electron chi connectivity index (χ1n) is 5.19. The van der Waals surface area contributed by atoms with Crippen molar-refractivity contribution in [3.63, 3.8) is 0 Å². The van der Waals surface area contributed by atoms with Crippen molar-refractivity contribution in [2.75, 3.05) is 29.6 Å². The minimum atomic E-state index is 0.0673. The average Bonchev–Trinajstić information content (AvgIpc) is 2.36. The van der Waals surface area contributed by atoms with Crippen LogP contribution in [0.3, 0.4) is 0 Å². The molecule has 0 fully saturated rings. The fourth-order valence-corrected chi connectivity index (χ4v) is 1.41. The van der Waals surface area contributed by atoms with Gasteiger partial charge in [0.25, 0.3) is 0 Å². The molecule has 0 saturated carbocycles. The molecule has 0 saturated heterocycles. The van der Waals surface area contributed by atoms with Crippen molar-refractivity contribution < 1.29 is 4.74 Å². The van der Waals surface area contributed by atoms with Gasteiger partial charge in [-0.1, -0.05) is 0 Å². The zero-order chi connectivity index (χ0) is 13.1. The number of ether oxygens (including phenoxy) is 1. The number of anilines is 5. The Morgan fingerprint density at radius 2 is 1.72 bits per heavy atom. The molecule has 94 valence electrons. The summed E-state index contributed by atoms with van der Waals surface area (Å²) < 4.78 is 5.06. The molecule has 0 aliphatic heterocycles. The van der Waals surface area contributed by atoms with E-state index in [1.54, 1.807) is 7.11 Å². The van der Waals surface area contributed by atoms with E-state index >= 15 is 0 Å². The summed E-state index contributed by atoms with van der Waals surface area (Å²) in [6.45, 7) is 0. The van der Waals surface area contributed by atoms with E-state index < -0.39 is 0 Å². The van der Waals surface area contributed by atoms with Crippen LogP contribution in [0.2, 0.25) is 0 Å². The summed E-state index contributed by atoms with van der Waals surface area (Å²) in [7, 11) is 1.60. The molecule has 7 N–H and O–H groups in total. The predicted molar refractivity (Wildman–Crippen MR) is 71.5 cm³/mol. The molecule has 0 spiro atoms. The van der Waals surface area contributed by atoms with Crippen LogP contribution in [-0.4, -0.2) is 17.1 Å². The lowest BCUT2D eigenvalue weighted by molar-refractivity contribution is 0.415. The molecule has 1 aromatic carbocycles. The minimum Gasteiger partial charge on any atom is -0.497 e. The molecule has 0 radical (unpaired) electrons. The topological polar surface area (TPSA) is 125 Å². The fourth-order valence-electron chi connectivity index (χ4n) is 1.41. The number of nitrogens with one attached hydrogen (secondary N) is 1. The molecule has 2 aromatic rings. The van der Waals surface area contributed by atoms with Crippen LogP contribution in [0.4, 0.5) is 29.0 Å². The Labute approximate surface area is 104 Å². The zero-order valence-corrected chi connectivity index (χ0v) is 9.84. The van der Waals surface area contributed by atoms with E-state index in [2.05, 4.69) is 15.3 Å². The highest BCUT2D eigenvalue weighted by Crippen LogP contribution is 2.26. The van der Waals surface area contributed by atoms with Gasteiger partial charge in [-0.3, -0.25) is 0 Å². The monoisotopic (exact) mass is 246 g/mol. The lowest BCUT2D eigenvalue weighted by Gasteiger charge is -2.10. The first-order valence-corrected chi connectivity index (χ1v) is 5.19. The number of benzene rings is 1. The molecular weight excluding hydrogens is 232 g/mol. The predicted octanol–water partition coefficient (Wildman–Crippen LogP) is 0.975. The molecule has 7 nitrogen and oxygen atoms in total. The second kappa shape index (κ2) is 4.66. The average molecular weight is 246 g/mol. The van der Waals surface area contributed by atoms with Gasteiger partial charge >= 0.3 is 0 Å². The van der Waals surface area contributed by atoms with Crippen LogP contribution in [0.1, 0.15) is 0 Å². The highest BCUT2D eigenvalue weighted by molar-refractivity contribution is 5.77. The van der Waals surface area contributed by atoms with E-state index in [1.165, 1.54) is 0 Å². The molecular formula is C11H14N6O. The number of aromatic nitrogens is 2. The minimum absolute atomic E-state index is 0.0673. The molecule has 1 heterocycles. The van der Waals surface area contributed by atoms with Crippen LogP contribution in [0.15, 0.2) is 24.3 Å². The van der Waals surface area contributed by atoms with Gasteiger partial charge in [0.2, 0.25) is 5.95 Å². The Hall–Kier alpha value is -2.70. The van der Waals surface area contributed by atoms with Crippen molar-refractivity contribution in [2.24, 2.45) is 0 Å². The van der Waals surface area contributed by atoms with Crippen LogP contribution in [0.5, 0.6) is 5.75 Å². The molecule has 7 heteroatoms. The van der Waals surface area contributed by atoms with E-state index in [1.807, 2.05) is 24.3 Å². The van der Waals surface area contributed by atoms with Crippen LogP contribution >= 0.6 is 0 Å². The second-order valence-corrected chi connectivity index (χ2v) is 3.58. The maximum Gasteiger partial charge on any atom is 0.224 e. The maximum absolute atomic E-state index is 5.76. The third kappa shape index (κ3) is 2.34. The number of nitrogens with two attached hydrogens (primary N) is 3. The Kier molecular flexibility index (Phi) is 3.05. The summed E-state index contributed by atoms with van der Waals surface area (Å²) in [6.07, 6.45) is 0. The summed E-state index contributed by atoms with van der Waals surface area (Å²) in [5, 5.41) is 3.01. The number of hydrogen-bond acceptors (Lipinski definition) is 7. The molecule has 0 aliphatic carbocycles. The van der Waals surface area contributed by atoms with Gasteiger partial charge in [-0.25, -0.2) is 0 Å². The van der Waals surface area contributed by atoms with Gasteiger partial charge in [0.05, 0.1) is 7.11 Å². The SMILES string of the molecule is COc1ccc(Nc2nc(N)nc(N)c2N)cc1. The summed E-state index contributed by atoms with van der Waals surface area (Å²) in [5.41, 5.74) is 17.9. The largest absolute Gasteiger partial charge is 0.497 e. The molecule has 0 bridgehead atoms. The van der Waals surface area contributed by atoms with Gasteiger partial charge in [-0.05, 0) is 24.3 Å². The second-order valence-electron chi connectivity index (χ2n) is 3.58. The highest BCUT2D eigenvalue weighted by atomic mass is 16.5. The molecule has 0 amide bonds. The van der Waals surface area contributed by atoms with Crippen LogP contribution in [0, 0.1) is 0 Å². The van der Waals surface area contributed by atoms with Crippen LogP contribution in [-0.2, 0) is 0 Å². The number of nitrogens with zero attached hydrogens (tertiary/aromatic N) is 2. The standard InChI is InChI=1S/C11H14N6O/c1-18-7-4-2-6(3-5-7)15-10-8(12)9(13)16-11(14)17-10/h2-5H,12H2,1H3,(H5,13,14,15,16,17). The van der Waals surface area contributed by atoms with E-state index in [-0.39, 0.29) is 17.5 Å². The number of methoxy groups -OCH3 is 1. The lowest BCUT2D eigenvalue weighted by Crippen LogP contribution is -2.08. The Balaban J connectivity index is 2.27. The van der Waals surface area contributed by atoms with Crippen molar-refractivity contribution in [2.45, 2.75) is 0 Å². The zero-order valence-electron chi connectivity index (χ0n) is 9.84. The lowest BCUT2D eigenvalue weighted by atomic mass is 10.3. The van der Waals surface area contributed by atoms with E-state index in [4.69, 9.17) is 21.9 Å². The van der Waals surface area contributed by atoms with Gasteiger partial charge in [0.1, 0.15) is 11.4 Å². The van der Waals surface area contributed by atoms with E-state index in [9.17, 15) is 0 Å². The summed E-state index contributed by atoms with van der Waals surface area (Å²) >= 11 is 0. The quantitative estimate of drug-likeness (QED) is 0.635. The van der Waals surface area contributed by atoms with Gasteiger partial charge in [-0.2, -0.15) is 9.97 Å². The molecule has 2 rings (SSSR count). The fraction of sp³-hybridized carbons (Fsp3) is 0.0909. The Bertz CT molecular complexity index is 554. The molecule has 0 atom stereocenters. The van der Waals surface area contributed by atoms with Gasteiger partial charge in [0, 0.05) is 5.69 Å². The molecule has 18 heavy (non-hydrogen) atoms. The van der Waals surface area contributed by atoms with Crippen molar-refractivity contribution in [3.8, 4) is 5.75 Å². The summed E-state index contributed by atoms with van der Waals surface area (Å²) in [6, 6.07) is 7.28. The van der Waals surface area contributed by atoms with Crippen molar-refractivity contribution in [1.82, 2.24) is 9.97 Å². The van der Waals surface area contributed by atoms with E-state index in [0.29, 0.717) is 5.82 Å². The first kappa shape index (κ1) is 11.8. The highest BCUT2D eigenvalue weighted by Gasteiger charge is 2.08. The maximum atomic E-state index is 5.76. The Morgan fingerprint density at radius 1 is 1.06 bits per heavy atom. The number of nitrogen functional groups attached to an aromatic ring is 3. The summed E-state index contributed by atoms with van der Waals surface area (Å²) in [4.78, 5) is 7.75. The van der Waals surface area contributed by atoms with Crippen LogP contribution in [0.25, 0.3) is 0 Å². The van der Waals surface area contributed by atoms with Crippen molar-refractivity contribution in [3.05, 3.63) is 24.3 Å². The molecule has 1 aromatic heterocycles.